The Morgan fingerprint density at radius 3 is 2.25 bits per heavy atom. The molecule has 3 heteroatoms. The summed E-state index contributed by atoms with van der Waals surface area (Å²) in [6.07, 6.45) is 4.25. The van der Waals surface area contributed by atoms with Gasteiger partial charge in [-0.15, -0.1) is 0 Å². The highest BCUT2D eigenvalue weighted by Crippen LogP contribution is 2.20. The van der Waals surface area contributed by atoms with Crippen LogP contribution in [0.1, 0.15) is 32.6 Å². The molecule has 1 aliphatic carbocycles. The highest BCUT2D eigenvalue weighted by atomic mass is 16.2. The van der Waals surface area contributed by atoms with Gasteiger partial charge in [-0.25, -0.2) is 0 Å². The summed E-state index contributed by atoms with van der Waals surface area (Å²) < 4.78 is 0. The van der Waals surface area contributed by atoms with Gasteiger partial charge in [0.15, 0.2) is 0 Å². The Kier molecular flexibility index (Phi) is 3.09. The molecular weight excluding hydrogens is 152 g/mol. The molecule has 0 atom stereocenters. The first kappa shape index (κ1) is 9.52. The summed E-state index contributed by atoms with van der Waals surface area (Å²) in [5.74, 6) is 0.162. The average Bonchev–Trinajstić information content (AvgIpc) is 2.04. The van der Waals surface area contributed by atoms with Crippen LogP contribution in [-0.2, 0) is 4.79 Å². The topological polar surface area (TPSA) is 46.3 Å². The number of amides is 1. The van der Waals surface area contributed by atoms with Gasteiger partial charge < -0.3 is 10.6 Å². The van der Waals surface area contributed by atoms with Crippen molar-refractivity contribution in [3.8, 4) is 0 Å². The van der Waals surface area contributed by atoms with Crippen LogP contribution in [0.15, 0.2) is 0 Å². The first-order valence-corrected chi connectivity index (χ1v) is 4.60. The van der Waals surface area contributed by atoms with E-state index in [0.717, 1.165) is 25.7 Å². The van der Waals surface area contributed by atoms with Crippen molar-refractivity contribution in [2.75, 3.05) is 7.05 Å². The van der Waals surface area contributed by atoms with E-state index in [1.165, 1.54) is 0 Å². The van der Waals surface area contributed by atoms with Crippen LogP contribution in [0.2, 0.25) is 0 Å². The molecule has 12 heavy (non-hydrogen) atoms. The molecular formula is C9H18N2O. The van der Waals surface area contributed by atoms with Gasteiger partial charge in [-0.1, -0.05) is 0 Å². The molecule has 2 N–H and O–H groups in total. The van der Waals surface area contributed by atoms with E-state index in [1.807, 2.05) is 11.9 Å². The number of hydrogen-bond acceptors (Lipinski definition) is 2. The zero-order valence-corrected chi connectivity index (χ0v) is 7.92. The van der Waals surface area contributed by atoms with Gasteiger partial charge in [-0.2, -0.15) is 0 Å². The fourth-order valence-electron chi connectivity index (χ4n) is 1.75. The van der Waals surface area contributed by atoms with E-state index in [4.69, 9.17) is 5.73 Å². The molecule has 0 aromatic rings. The van der Waals surface area contributed by atoms with Gasteiger partial charge in [0.2, 0.25) is 5.91 Å². The molecule has 1 rings (SSSR count). The average molecular weight is 170 g/mol. The van der Waals surface area contributed by atoms with E-state index in [-0.39, 0.29) is 5.91 Å². The minimum atomic E-state index is 0.162. The summed E-state index contributed by atoms with van der Waals surface area (Å²) in [7, 11) is 1.88. The van der Waals surface area contributed by atoms with Crippen molar-refractivity contribution in [1.29, 1.82) is 0 Å². The van der Waals surface area contributed by atoms with E-state index in [9.17, 15) is 4.79 Å². The Balaban J connectivity index is 2.39. The molecule has 0 aliphatic heterocycles. The van der Waals surface area contributed by atoms with Gasteiger partial charge in [0.05, 0.1) is 0 Å². The molecule has 3 nitrogen and oxygen atoms in total. The molecule has 70 valence electrons. The standard InChI is InChI=1S/C9H18N2O/c1-7(12)11(2)9-5-3-8(10)4-6-9/h8-9H,3-6,10H2,1-2H3/t8-,9-. The Bertz CT molecular complexity index is 162. The lowest BCUT2D eigenvalue weighted by Crippen LogP contribution is -2.40. The van der Waals surface area contributed by atoms with E-state index < -0.39 is 0 Å². The van der Waals surface area contributed by atoms with Crippen LogP contribution in [0, 0.1) is 0 Å². The summed E-state index contributed by atoms with van der Waals surface area (Å²) in [6.45, 7) is 1.62. The summed E-state index contributed by atoms with van der Waals surface area (Å²) in [6, 6.07) is 0.795. The Morgan fingerprint density at radius 1 is 1.33 bits per heavy atom. The minimum absolute atomic E-state index is 0.162. The van der Waals surface area contributed by atoms with Gasteiger partial charge in [0.25, 0.3) is 0 Å². The predicted octanol–water partition coefficient (Wildman–Crippen LogP) is 0.735. The molecule has 1 amide bonds. The Morgan fingerprint density at radius 2 is 1.83 bits per heavy atom. The first-order valence-electron chi connectivity index (χ1n) is 4.60. The van der Waals surface area contributed by atoms with Crippen LogP contribution < -0.4 is 5.73 Å². The monoisotopic (exact) mass is 170 g/mol. The number of carbonyl (C=O) groups is 1. The second kappa shape index (κ2) is 3.90. The first-order chi connectivity index (χ1) is 5.61. The SMILES string of the molecule is CC(=O)N(C)[C@H]1CC[C@H](N)CC1. The van der Waals surface area contributed by atoms with Gasteiger partial charge in [-0.3, -0.25) is 4.79 Å². The lowest BCUT2D eigenvalue weighted by molar-refractivity contribution is -0.130. The fourth-order valence-corrected chi connectivity index (χ4v) is 1.75. The molecule has 0 aromatic heterocycles. The normalized spacial score (nSPS) is 29.9. The van der Waals surface area contributed by atoms with Crippen LogP contribution in [0.4, 0.5) is 0 Å². The molecule has 1 aliphatic rings. The van der Waals surface area contributed by atoms with Crippen LogP contribution in [0.3, 0.4) is 0 Å². The third-order valence-corrected chi connectivity index (χ3v) is 2.79. The van der Waals surface area contributed by atoms with Crippen LogP contribution in [0.5, 0.6) is 0 Å². The molecule has 0 saturated heterocycles. The lowest BCUT2D eigenvalue weighted by Gasteiger charge is -2.32. The molecule has 0 heterocycles. The lowest BCUT2D eigenvalue weighted by atomic mass is 9.91. The third kappa shape index (κ3) is 2.21. The Hall–Kier alpha value is -0.570. The van der Waals surface area contributed by atoms with E-state index in [2.05, 4.69) is 0 Å². The molecule has 0 bridgehead atoms. The number of hydrogen-bond donors (Lipinski definition) is 1. The van der Waals surface area contributed by atoms with Gasteiger partial charge >= 0.3 is 0 Å². The maximum Gasteiger partial charge on any atom is 0.219 e. The third-order valence-electron chi connectivity index (χ3n) is 2.79. The van der Waals surface area contributed by atoms with Crippen LogP contribution in [0.25, 0.3) is 0 Å². The summed E-state index contributed by atoms with van der Waals surface area (Å²) in [5.41, 5.74) is 5.77. The van der Waals surface area contributed by atoms with E-state index in [0.29, 0.717) is 12.1 Å². The smallest absolute Gasteiger partial charge is 0.219 e. The molecule has 1 fully saturated rings. The molecule has 1 saturated carbocycles. The number of rotatable bonds is 1. The molecule has 0 unspecified atom stereocenters. The molecule has 0 aromatic carbocycles. The Labute approximate surface area is 73.9 Å². The van der Waals surface area contributed by atoms with Crippen LogP contribution in [-0.4, -0.2) is 29.9 Å². The fraction of sp³-hybridized carbons (Fsp3) is 0.889. The molecule has 0 spiro atoms. The highest BCUT2D eigenvalue weighted by molar-refractivity contribution is 5.73. The van der Waals surface area contributed by atoms with Gasteiger partial charge in [-0.05, 0) is 25.7 Å². The van der Waals surface area contributed by atoms with Crippen molar-refractivity contribution in [2.24, 2.45) is 5.73 Å². The highest BCUT2D eigenvalue weighted by Gasteiger charge is 2.22. The zero-order chi connectivity index (χ0) is 9.14. The van der Waals surface area contributed by atoms with Crippen molar-refractivity contribution in [3.05, 3.63) is 0 Å². The van der Waals surface area contributed by atoms with Gasteiger partial charge in [0, 0.05) is 26.1 Å². The van der Waals surface area contributed by atoms with Crippen LogP contribution >= 0.6 is 0 Å². The zero-order valence-electron chi connectivity index (χ0n) is 7.92. The largest absolute Gasteiger partial charge is 0.343 e. The summed E-state index contributed by atoms with van der Waals surface area (Å²) >= 11 is 0. The molecule has 0 radical (unpaired) electrons. The number of carbonyl (C=O) groups excluding carboxylic acids is 1. The predicted molar refractivity (Wildman–Crippen MR) is 48.7 cm³/mol. The van der Waals surface area contributed by atoms with Gasteiger partial charge in [0.1, 0.15) is 0 Å². The minimum Gasteiger partial charge on any atom is -0.343 e. The maximum absolute atomic E-state index is 11.0. The maximum atomic E-state index is 11.0. The van der Waals surface area contributed by atoms with E-state index in [1.54, 1.807) is 6.92 Å². The quantitative estimate of drug-likeness (QED) is 0.630. The summed E-state index contributed by atoms with van der Waals surface area (Å²) in [4.78, 5) is 12.9. The number of nitrogens with zero attached hydrogens (tertiary/aromatic N) is 1. The van der Waals surface area contributed by atoms with E-state index >= 15 is 0 Å². The van der Waals surface area contributed by atoms with Crippen molar-refractivity contribution >= 4 is 5.91 Å². The van der Waals surface area contributed by atoms with Crippen molar-refractivity contribution in [3.63, 3.8) is 0 Å². The number of nitrogens with two attached hydrogens (primary N) is 1. The van der Waals surface area contributed by atoms with Crippen molar-refractivity contribution in [1.82, 2.24) is 4.90 Å². The second-order valence-corrected chi connectivity index (χ2v) is 3.70. The van der Waals surface area contributed by atoms with Crippen molar-refractivity contribution < 1.29 is 4.79 Å². The second-order valence-electron chi connectivity index (χ2n) is 3.70. The summed E-state index contributed by atoms with van der Waals surface area (Å²) in [5, 5.41) is 0. The van der Waals surface area contributed by atoms with Crippen molar-refractivity contribution in [2.45, 2.75) is 44.7 Å².